The third-order valence-electron chi connectivity index (χ3n) is 4.20. The van der Waals surface area contributed by atoms with Crippen LogP contribution in [-0.2, 0) is 11.3 Å². The van der Waals surface area contributed by atoms with Gasteiger partial charge in [-0.2, -0.15) is 10.2 Å². The summed E-state index contributed by atoms with van der Waals surface area (Å²) in [6, 6.07) is 10.6. The molecule has 8 nitrogen and oxygen atoms in total. The van der Waals surface area contributed by atoms with Gasteiger partial charge in [-0.15, -0.1) is 0 Å². The first-order valence-corrected chi connectivity index (χ1v) is 10.1. The molecule has 0 atom stereocenters. The molecule has 2 aromatic heterocycles. The molecule has 3 aromatic rings. The van der Waals surface area contributed by atoms with E-state index in [-0.39, 0.29) is 17.6 Å². The van der Waals surface area contributed by atoms with Gasteiger partial charge in [0.2, 0.25) is 5.91 Å². The van der Waals surface area contributed by atoms with Crippen LogP contribution < -0.4 is 10.7 Å². The normalized spacial score (nSPS) is 11.6. The van der Waals surface area contributed by atoms with Gasteiger partial charge in [0.25, 0.3) is 0 Å². The van der Waals surface area contributed by atoms with Gasteiger partial charge in [0.15, 0.2) is 5.76 Å². The molecule has 9 heteroatoms. The number of carbonyl (C=O) groups is 2. The first kappa shape index (κ1) is 21.5. The van der Waals surface area contributed by atoms with Crippen LogP contribution in [0.5, 0.6) is 0 Å². The SMILES string of the molecule is CC(=NNC(=O)c1ccc(Cn2cc(Br)cn2)o1)c1cccc(NC(=O)C(C)C)c1. The summed E-state index contributed by atoms with van der Waals surface area (Å²) in [5.74, 6) is 0.129. The Labute approximate surface area is 182 Å². The molecule has 2 amide bonds. The number of carbonyl (C=O) groups excluding carboxylic acids is 2. The van der Waals surface area contributed by atoms with Gasteiger partial charge < -0.3 is 9.73 Å². The highest BCUT2D eigenvalue weighted by molar-refractivity contribution is 9.10. The molecule has 0 bridgehead atoms. The van der Waals surface area contributed by atoms with Crippen LogP contribution in [0.3, 0.4) is 0 Å². The molecule has 0 aliphatic carbocycles. The van der Waals surface area contributed by atoms with Crippen molar-refractivity contribution in [2.24, 2.45) is 11.0 Å². The Morgan fingerprint density at radius 1 is 1.27 bits per heavy atom. The summed E-state index contributed by atoms with van der Waals surface area (Å²) in [4.78, 5) is 24.2. The largest absolute Gasteiger partial charge is 0.454 e. The van der Waals surface area contributed by atoms with Crippen molar-refractivity contribution in [3.05, 3.63) is 70.3 Å². The van der Waals surface area contributed by atoms with E-state index in [0.717, 1.165) is 10.0 Å². The first-order chi connectivity index (χ1) is 14.3. The number of rotatable bonds is 7. The van der Waals surface area contributed by atoms with E-state index in [9.17, 15) is 9.59 Å². The summed E-state index contributed by atoms with van der Waals surface area (Å²) in [6.07, 6.45) is 3.49. The topological polar surface area (TPSA) is 102 Å². The monoisotopic (exact) mass is 471 g/mol. The minimum atomic E-state index is -0.452. The van der Waals surface area contributed by atoms with Crippen molar-refractivity contribution in [1.29, 1.82) is 0 Å². The quantitative estimate of drug-likeness (QED) is 0.400. The number of nitrogens with zero attached hydrogens (tertiary/aromatic N) is 3. The van der Waals surface area contributed by atoms with Crippen LogP contribution in [0.2, 0.25) is 0 Å². The lowest BCUT2D eigenvalue weighted by Gasteiger charge is -2.09. The van der Waals surface area contributed by atoms with Crippen molar-refractivity contribution < 1.29 is 14.0 Å². The van der Waals surface area contributed by atoms with Crippen molar-refractivity contribution in [2.75, 3.05) is 5.32 Å². The second-order valence-electron chi connectivity index (χ2n) is 6.98. The van der Waals surface area contributed by atoms with E-state index in [1.807, 2.05) is 32.2 Å². The Kier molecular flexibility index (Phi) is 6.83. The number of hydrogen-bond acceptors (Lipinski definition) is 5. The molecular weight excluding hydrogens is 450 g/mol. The number of anilines is 1. The molecule has 0 radical (unpaired) electrons. The molecule has 0 unspecified atom stereocenters. The van der Waals surface area contributed by atoms with Gasteiger partial charge in [0, 0.05) is 17.8 Å². The lowest BCUT2D eigenvalue weighted by molar-refractivity contribution is -0.118. The molecule has 0 aliphatic heterocycles. The maximum Gasteiger partial charge on any atom is 0.307 e. The van der Waals surface area contributed by atoms with Gasteiger partial charge in [-0.1, -0.05) is 26.0 Å². The highest BCUT2D eigenvalue weighted by Crippen LogP contribution is 2.14. The Balaban J connectivity index is 1.62. The Morgan fingerprint density at radius 2 is 2.07 bits per heavy atom. The van der Waals surface area contributed by atoms with Crippen LogP contribution in [0.1, 0.15) is 42.6 Å². The van der Waals surface area contributed by atoms with Crippen molar-refractivity contribution in [3.8, 4) is 0 Å². The fourth-order valence-corrected chi connectivity index (χ4v) is 2.86. The molecule has 0 aliphatic rings. The van der Waals surface area contributed by atoms with Crippen LogP contribution in [0, 0.1) is 5.92 Å². The lowest BCUT2D eigenvalue weighted by atomic mass is 10.1. The maximum absolute atomic E-state index is 12.3. The van der Waals surface area contributed by atoms with E-state index in [4.69, 9.17) is 4.42 Å². The van der Waals surface area contributed by atoms with Crippen LogP contribution in [0.25, 0.3) is 0 Å². The Bertz CT molecular complexity index is 1080. The van der Waals surface area contributed by atoms with Crippen molar-refractivity contribution in [2.45, 2.75) is 27.3 Å². The van der Waals surface area contributed by atoms with E-state index in [1.165, 1.54) is 0 Å². The molecule has 1 aromatic carbocycles. The number of benzene rings is 1. The summed E-state index contributed by atoms with van der Waals surface area (Å²) >= 11 is 3.34. The highest BCUT2D eigenvalue weighted by atomic mass is 79.9. The Morgan fingerprint density at radius 3 is 2.77 bits per heavy atom. The number of hydrazone groups is 1. The predicted octanol–water partition coefficient (Wildman–Crippen LogP) is 4.04. The maximum atomic E-state index is 12.3. The number of nitrogens with one attached hydrogen (secondary N) is 2. The lowest BCUT2D eigenvalue weighted by Crippen LogP contribution is -2.19. The van der Waals surface area contributed by atoms with E-state index < -0.39 is 5.91 Å². The molecule has 0 fully saturated rings. The summed E-state index contributed by atoms with van der Waals surface area (Å²) < 4.78 is 8.13. The standard InChI is InChI=1S/C21H22BrN5O3/c1-13(2)20(28)24-17-6-4-5-15(9-17)14(3)25-26-21(29)19-8-7-18(30-19)12-27-11-16(22)10-23-27/h4-11,13H,12H2,1-3H3,(H,24,28)(H,26,29). The third-order valence-corrected chi connectivity index (χ3v) is 4.61. The highest BCUT2D eigenvalue weighted by Gasteiger charge is 2.12. The average Bonchev–Trinajstić information content (AvgIpc) is 3.35. The smallest absolute Gasteiger partial charge is 0.307 e. The van der Waals surface area contributed by atoms with Gasteiger partial charge in [-0.05, 0) is 52.7 Å². The van der Waals surface area contributed by atoms with Crippen molar-refractivity contribution >= 4 is 39.1 Å². The van der Waals surface area contributed by atoms with Crippen LogP contribution in [0.4, 0.5) is 5.69 Å². The zero-order valence-corrected chi connectivity index (χ0v) is 18.4. The first-order valence-electron chi connectivity index (χ1n) is 9.34. The van der Waals surface area contributed by atoms with E-state index in [2.05, 4.69) is 36.9 Å². The molecule has 3 rings (SSSR count). The average molecular weight is 472 g/mol. The van der Waals surface area contributed by atoms with Crippen LogP contribution in [0.15, 0.2) is 62.8 Å². The fourth-order valence-electron chi connectivity index (χ4n) is 2.53. The summed E-state index contributed by atoms with van der Waals surface area (Å²) in [5.41, 5.74) is 4.54. The van der Waals surface area contributed by atoms with Gasteiger partial charge in [-0.25, -0.2) is 5.43 Å². The van der Waals surface area contributed by atoms with Gasteiger partial charge in [0.1, 0.15) is 5.76 Å². The van der Waals surface area contributed by atoms with Gasteiger partial charge >= 0.3 is 5.91 Å². The van der Waals surface area contributed by atoms with Crippen LogP contribution >= 0.6 is 15.9 Å². The molecule has 2 heterocycles. The molecule has 156 valence electrons. The summed E-state index contributed by atoms with van der Waals surface area (Å²) in [5, 5.41) is 11.1. The Hall–Kier alpha value is -3.20. The van der Waals surface area contributed by atoms with E-state index in [0.29, 0.717) is 23.7 Å². The second kappa shape index (κ2) is 9.53. The molecule has 2 N–H and O–H groups in total. The minimum Gasteiger partial charge on any atom is -0.454 e. The molecule has 0 saturated carbocycles. The zero-order valence-electron chi connectivity index (χ0n) is 16.8. The van der Waals surface area contributed by atoms with Crippen molar-refractivity contribution in [1.82, 2.24) is 15.2 Å². The predicted molar refractivity (Wildman–Crippen MR) is 117 cm³/mol. The fraction of sp³-hybridized carbons (Fsp3) is 0.238. The van der Waals surface area contributed by atoms with Gasteiger partial charge in [-0.3, -0.25) is 14.3 Å². The van der Waals surface area contributed by atoms with Crippen LogP contribution in [-0.4, -0.2) is 27.3 Å². The molecular formula is C21H22BrN5O3. The van der Waals surface area contributed by atoms with E-state index in [1.54, 1.807) is 42.1 Å². The van der Waals surface area contributed by atoms with Gasteiger partial charge in [0.05, 0.1) is 22.9 Å². The van der Waals surface area contributed by atoms with Crippen molar-refractivity contribution in [3.63, 3.8) is 0 Å². The molecule has 30 heavy (non-hydrogen) atoms. The summed E-state index contributed by atoms with van der Waals surface area (Å²) in [6.45, 7) is 5.84. The third kappa shape index (κ3) is 5.66. The number of amides is 2. The number of halogens is 1. The minimum absolute atomic E-state index is 0.0638. The molecule has 0 saturated heterocycles. The number of furan rings is 1. The van der Waals surface area contributed by atoms with E-state index >= 15 is 0 Å². The zero-order chi connectivity index (χ0) is 21.7. The number of hydrogen-bond donors (Lipinski definition) is 2. The number of aromatic nitrogens is 2. The second-order valence-corrected chi connectivity index (χ2v) is 7.90. The summed E-state index contributed by atoms with van der Waals surface area (Å²) in [7, 11) is 0. The molecule has 0 spiro atoms.